The molecule has 0 radical (unpaired) electrons. The molecule has 2 atom stereocenters. The van der Waals surface area contributed by atoms with Gasteiger partial charge in [-0.3, -0.25) is 5.32 Å². The van der Waals surface area contributed by atoms with E-state index in [0.29, 0.717) is 0 Å². The van der Waals surface area contributed by atoms with Gasteiger partial charge in [0.1, 0.15) is 26.2 Å². The second kappa shape index (κ2) is 22.2. The molecule has 0 spiro atoms. The maximum Gasteiger partial charge on any atom is 0.104 e. The molecular weight excluding hydrogens is 977 g/mol. The first-order valence-corrected chi connectivity index (χ1v) is 31.1. The summed E-state index contributed by atoms with van der Waals surface area (Å²) < 4.78 is 4.48. The summed E-state index contributed by atoms with van der Waals surface area (Å²) in [5.74, 6) is 0. The summed E-state index contributed by atoms with van der Waals surface area (Å²) in [7, 11) is 9.80. The molecule has 412 valence electrons. The first-order valence-electron chi connectivity index (χ1n) is 31.1. The number of nitrogens with one attached hydrogen (secondary N) is 2. The minimum atomic E-state index is -0.0883. The molecule has 8 heteroatoms. The molecule has 0 amide bonds. The van der Waals surface area contributed by atoms with Crippen LogP contribution >= 0.6 is 0 Å². The van der Waals surface area contributed by atoms with Crippen LogP contribution in [0.1, 0.15) is 122 Å². The van der Waals surface area contributed by atoms with Crippen molar-refractivity contribution in [2.24, 2.45) is 9.98 Å². The molecule has 4 fully saturated rings. The van der Waals surface area contributed by atoms with E-state index in [2.05, 4.69) is 184 Å². The van der Waals surface area contributed by atoms with Gasteiger partial charge in [-0.1, -0.05) is 109 Å². The fourth-order valence-electron chi connectivity index (χ4n) is 15.4. The fraction of sp³-hybridized carbons (Fsp3) is 0.417. The number of nitrogens with zero attached hydrogens (tertiary/aromatic N) is 6. The van der Waals surface area contributed by atoms with Gasteiger partial charge in [-0.25, -0.2) is 9.98 Å². The van der Waals surface area contributed by atoms with Gasteiger partial charge in [-0.05, 0) is 136 Å². The van der Waals surface area contributed by atoms with Crippen LogP contribution < -0.4 is 16.0 Å². The van der Waals surface area contributed by atoms with Crippen LogP contribution in [0, 0.1) is 0 Å². The van der Waals surface area contributed by atoms with Crippen molar-refractivity contribution < 1.29 is 17.9 Å². The third-order valence-corrected chi connectivity index (χ3v) is 19.9. The van der Waals surface area contributed by atoms with E-state index in [0.717, 1.165) is 88.8 Å². The Morgan fingerprint density at radius 1 is 0.350 bits per heavy atom. The van der Waals surface area contributed by atoms with Crippen molar-refractivity contribution in [3.05, 3.63) is 212 Å². The van der Waals surface area contributed by atoms with E-state index < -0.39 is 0 Å². The number of aliphatic imine (C=N–C) groups is 2. The predicted molar refractivity (Wildman–Crippen MR) is 332 cm³/mol. The Hall–Kier alpha value is -6.26. The smallest absolute Gasteiger partial charge is 0.104 e. The van der Waals surface area contributed by atoms with E-state index >= 15 is 0 Å². The zero-order valence-electron chi connectivity index (χ0n) is 48.7. The number of fused-ring (bicyclic) bond motifs is 6. The van der Waals surface area contributed by atoms with Gasteiger partial charge in [-0.2, -0.15) is 0 Å². The van der Waals surface area contributed by atoms with Crippen LogP contribution in [-0.2, 0) is 26.2 Å². The summed E-state index contributed by atoms with van der Waals surface area (Å²) in [5, 5.41) is 6.32. The quantitative estimate of drug-likeness (QED) is 0.0949. The molecule has 8 aliphatic rings. The summed E-state index contributed by atoms with van der Waals surface area (Å²) in [6, 6.07) is 42.4. The van der Waals surface area contributed by atoms with Crippen LogP contribution in [-0.4, -0.2) is 127 Å². The first-order chi connectivity index (χ1) is 38.9. The van der Waals surface area contributed by atoms with Crippen LogP contribution in [0.3, 0.4) is 0 Å². The molecule has 80 heavy (non-hydrogen) atoms. The summed E-state index contributed by atoms with van der Waals surface area (Å²) in [6.45, 7) is 14.3. The molecule has 1 aromatic heterocycles. The van der Waals surface area contributed by atoms with Crippen molar-refractivity contribution in [2.75, 3.05) is 80.5 Å². The number of rotatable bonds is 12. The zero-order valence-corrected chi connectivity index (χ0v) is 48.7. The lowest BCUT2D eigenvalue weighted by molar-refractivity contribution is -0.926. The van der Waals surface area contributed by atoms with Gasteiger partial charge >= 0.3 is 0 Å². The van der Waals surface area contributed by atoms with Crippen LogP contribution in [0.5, 0.6) is 0 Å². The Labute approximate surface area is 477 Å². The molecule has 5 aromatic rings. The number of likely N-dealkylation sites (tertiary alicyclic amines) is 4. The average Bonchev–Trinajstić information content (AvgIpc) is 4.35. The number of H-pyrrole nitrogens is 1. The van der Waals surface area contributed by atoms with Gasteiger partial charge < -0.3 is 22.9 Å². The number of allylic oxidation sites excluding steroid dienone is 4. The predicted octanol–water partition coefficient (Wildman–Crippen LogP) is 11.7. The highest BCUT2D eigenvalue weighted by Crippen LogP contribution is 2.38. The Morgan fingerprint density at radius 2 is 0.637 bits per heavy atom. The zero-order chi connectivity index (χ0) is 54.3. The van der Waals surface area contributed by atoms with Gasteiger partial charge in [-0.15, -0.1) is 0 Å². The van der Waals surface area contributed by atoms with E-state index in [9.17, 15) is 0 Å². The molecule has 0 saturated carbocycles. The summed E-state index contributed by atoms with van der Waals surface area (Å²) in [4.78, 5) is 15.6. The van der Waals surface area contributed by atoms with Gasteiger partial charge in [0.15, 0.2) is 0 Å². The largest absolute Gasteiger partial charge is 0.354 e. The number of hydrogen-bond donors (Lipinski definition) is 2. The highest BCUT2D eigenvalue weighted by Gasteiger charge is 2.33. The fourth-order valence-corrected chi connectivity index (χ4v) is 15.4. The molecule has 2 N–H and O–H groups in total. The van der Waals surface area contributed by atoms with Crippen LogP contribution in [0.4, 0.5) is 0 Å². The van der Waals surface area contributed by atoms with Gasteiger partial charge in [0.25, 0.3) is 0 Å². The standard InChI is InChI=1S/C72H88N8/c1-77(41-9-5-10-42-77)49-53-17-25-57(26-18-53)69-61-33-35-63(73-61)70(58-27-19-54(20-28-58)50-78(2)43-11-6-12-44-78)65-37-39-67(75-65)72(60-31-23-56(24-32-60)52-80(4)47-15-8-16-48-80)68-40-38-66(76-68)71(64-36-34-62(69)74-64)59-29-21-55(22-30-59)51-79(3)45-13-7-14-46-79/h17-40,61,63,73,76H,5-16,41-52H2,1-4H3/q+4/b69-62-,70-65-,71-66-,72-68-. The summed E-state index contributed by atoms with van der Waals surface area (Å²) in [5.41, 5.74) is 18.9. The Balaban J connectivity index is 0.972. The molecule has 4 aromatic carbocycles. The Kier molecular flexibility index (Phi) is 14.8. The van der Waals surface area contributed by atoms with E-state index in [-0.39, 0.29) is 12.1 Å². The minimum absolute atomic E-state index is 0.0883. The number of quaternary nitrogens is 4. The maximum atomic E-state index is 5.75. The molecule has 2 unspecified atom stereocenters. The van der Waals surface area contributed by atoms with Crippen molar-refractivity contribution in [3.8, 4) is 0 Å². The Morgan fingerprint density at radius 3 is 0.938 bits per heavy atom. The SMILES string of the molecule is C[N+]1(Cc2ccc(/C3=C4\C=CC(=N4)/C(c4ccc(C[N+]5(C)CCCCC5)cc4)=c4/cc/c([nH]4)=C(\c4ccc(C[N+]5(C)CCCCC5)cc4)C4=N/C(=C(/c5ccc(C[N+]6(C)CCCCC6)cc5)C5C=CC3N5)C=C4)cc2)CCCCC1. The van der Waals surface area contributed by atoms with Gasteiger partial charge in [0.2, 0.25) is 0 Å². The van der Waals surface area contributed by atoms with E-state index in [1.165, 1.54) is 185 Å². The lowest BCUT2D eigenvalue weighted by atomic mass is 9.94. The number of hydrogen-bond acceptors (Lipinski definition) is 3. The van der Waals surface area contributed by atoms with E-state index in [1.54, 1.807) is 0 Å². The van der Waals surface area contributed by atoms with Gasteiger partial charge in [0.05, 0.1) is 115 Å². The molecule has 8 bridgehead atoms. The van der Waals surface area contributed by atoms with Crippen LogP contribution in [0.2, 0.25) is 0 Å². The third kappa shape index (κ3) is 11.4. The molecular formula is C72H88N8+4. The van der Waals surface area contributed by atoms with E-state index in [1.807, 2.05) is 0 Å². The number of benzene rings is 4. The van der Waals surface area contributed by atoms with Crippen molar-refractivity contribution in [1.29, 1.82) is 0 Å². The molecule has 8 aliphatic heterocycles. The molecule has 4 saturated heterocycles. The third-order valence-electron chi connectivity index (χ3n) is 19.9. The average molecular weight is 1070 g/mol. The number of aromatic nitrogens is 1. The highest BCUT2D eigenvalue weighted by atomic mass is 15.3. The lowest BCUT2D eigenvalue weighted by Crippen LogP contribution is -2.46. The Bertz CT molecular complexity index is 3220. The molecule has 9 heterocycles. The number of piperidine rings is 4. The maximum absolute atomic E-state index is 5.75. The number of aromatic amines is 1. The van der Waals surface area contributed by atoms with Gasteiger partial charge in [0, 0.05) is 55.2 Å². The van der Waals surface area contributed by atoms with Crippen molar-refractivity contribution >= 4 is 33.7 Å². The second-order valence-electron chi connectivity index (χ2n) is 26.7. The minimum Gasteiger partial charge on any atom is -0.354 e. The normalized spacial score (nSPS) is 27.1. The summed E-state index contributed by atoms with van der Waals surface area (Å²) in [6.07, 6.45) is 29.9. The molecule has 8 nitrogen and oxygen atoms in total. The second-order valence-corrected chi connectivity index (χ2v) is 26.7. The molecule has 13 rings (SSSR count). The lowest BCUT2D eigenvalue weighted by Gasteiger charge is -2.38. The van der Waals surface area contributed by atoms with Crippen molar-refractivity contribution in [2.45, 2.75) is 115 Å². The van der Waals surface area contributed by atoms with Crippen LogP contribution in [0.15, 0.2) is 167 Å². The first kappa shape index (κ1) is 53.1. The monoisotopic (exact) mass is 1060 g/mol. The van der Waals surface area contributed by atoms with Crippen molar-refractivity contribution in [3.63, 3.8) is 0 Å². The summed E-state index contributed by atoms with van der Waals surface area (Å²) >= 11 is 0. The van der Waals surface area contributed by atoms with E-state index in [4.69, 9.17) is 9.98 Å². The van der Waals surface area contributed by atoms with Crippen molar-refractivity contribution in [1.82, 2.24) is 10.3 Å². The molecule has 0 aliphatic carbocycles. The highest BCUT2D eigenvalue weighted by molar-refractivity contribution is 6.31. The van der Waals surface area contributed by atoms with Crippen LogP contribution in [0.25, 0.3) is 22.3 Å². The topological polar surface area (TPSA) is 52.5 Å².